The van der Waals surface area contributed by atoms with E-state index in [1.54, 1.807) is 4.90 Å². The molecule has 168 valence electrons. The molecular formula is C19H20F4N4O3S. The second-order valence-electron chi connectivity index (χ2n) is 7.68. The molecule has 2 fully saturated rings. The Balaban J connectivity index is 1.49. The predicted molar refractivity (Wildman–Crippen MR) is 102 cm³/mol. The number of halogens is 4. The standard InChI is InChI=1S/C19H20F4N4O3S/c20-14-2-1-3-15(10-14)31(29,30)26-8-6-25(7-9-26)12-27-18(28)16(19(21,22)23)11-17(24-27)13-4-5-13/h1-3,10-11,13H,4-9,12H2. The van der Waals surface area contributed by atoms with Gasteiger partial charge in [-0.3, -0.25) is 9.69 Å². The fourth-order valence-electron chi connectivity index (χ4n) is 3.52. The summed E-state index contributed by atoms with van der Waals surface area (Å²) in [6.45, 7) is 0.329. The summed E-state index contributed by atoms with van der Waals surface area (Å²) in [6.07, 6.45) is -3.30. The minimum absolute atomic E-state index is 0.0576. The molecule has 0 bridgehead atoms. The van der Waals surface area contributed by atoms with Gasteiger partial charge in [0.05, 0.1) is 17.3 Å². The Hall–Kier alpha value is -2.31. The number of sulfonamides is 1. The molecule has 0 spiro atoms. The first kappa shape index (κ1) is 21.9. The molecule has 0 atom stereocenters. The van der Waals surface area contributed by atoms with Crippen molar-refractivity contribution in [2.75, 3.05) is 26.2 Å². The fraction of sp³-hybridized carbons (Fsp3) is 0.474. The highest BCUT2D eigenvalue weighted by Gasteiger charge is 2.38. The third-order valence-corrected chi connectivity index (χ3v) is 7.29. The molecule has 31 heavy (non-hydrogen) atoms. The Morgan fingerprint density at radius 2 is 1.74 bits per heavy atom. The van der Waals surface area contributed by atoms with Gasteiger partial charge >= 0.3 is 6.18 Å². The lowest BCUT2D eigenvalue weighted by atomic mass is 10.2. The average molecular weight is 460 g/mol. The molecule has 1 aliphatic heterocycles. The summed E-state index contributed by atoms with van der Waals surface area (Å²) in [5, 5.41) is 4.12. The molecule has 1 aromatic heterocycles. The van der Waals surface area contributed by atoms with Crippen molar-refractivity contribution in [1.82, 2.24) is 19.0 Å². The lowest BCUT2D eigenvalue weighted by Crippen LogP contribution is -2.50. The highest BCUT2D eigenvalue weighted by atomic mass is 32.2. The first-order valence-corrected chi connectivity index (χ1v) is 11.2. The molecular weight excluding hydrogens is 440 g/mol. The summed E-state index contributed by atoms with van der Waals surface area (Å²) in [5.41, 5.74) is -2.21. The van der Waals surface area contributed by atoms with Crippen LogP contribution in [0.3, 0.4) is 0 Å². The molecule has 12 heteroatoms. The number of nitrogens with zero attached hydrogens (tertiary/aromatic N) is 4. The van der Waals surface area contributed by atoms with E-state index in [9.17, 15) is 30.8 Å². The SMILES string of the molecule is O=c1c(C(F)(F)F)cc(C2CC2)nn1CN1CCN(S(=O)(=O)c2cccc(F)c2)CC1. The summed E-state index contributed by atoms with van der Waals surface area (Å²) in [6, 6.07) is 5.53. The molecule has 0 unspecified atom stereocenters. The topological polar surface area (TPSA) is 75.5 Å². The molecule has 4 rings (SSSR count). The van der Waals surface area contributed by atoms with E-state index in [-0.39, 0.29) is 49.4 Å². The zero-order valence-corrected chi connectivity index (χ0v) is 17.2. The number of hydrogen-bond donors (Lipinski definition) is 0. The summed E-state index contributed by atoms with van der Waals surface area (Å²) >= 11 is 0. The Morgan fingerprint density at radius 3 is 2.32 bits per heavy atom. The smallest absolute Gasteiger partial charge is 0.282 e. The summed E-state index contributed by atoms with van der Waals surface area (Å²) < 4.78 is 80.7. The van der Waals surface area contributed by atoms with E-state index in [1.807, 2.05) is 0 Å². The van der Waals surface area contributed by atoms with Gasteiger partial charge in [-0.1, -0.05) is 6.07 Å². The predicted octanol–water partition coefficient (Wildman–Crippen LogP) is 2.24. The van der Waals surface area contributed by atoms with Crippen molar-refractivity contribution in [1.29, 1.82) is 0 Å². The summed E-state index contributed by atoms with van der Waals surface area (Å²) in [5.74, 6) is -0.734. The molecule has 1 aromatic carbocycles. The van der Waals surface area contributed by atoms with Gasteiger partial charge in [0.1, 0.15) is 11.4 Å². The fourth-order valence-corrected chi connectivity index (χ4v) is 4.97. The molecule has 7 nitrogen and oxygen atoms in total. The molecule has 1 saturated carbocycles. The lowest BCUT2D eigenvalue weighted by Gasteiger charge is -2.34. The zero-order chi connectivity index (χ0) is 22.4. The second-order valence-corrected chi connectivity index (χ2v) is 9.62. The van der Waals surface area contributed by atoms with Crippen molar-refractivity contribution in [3.05, 3.63) is 57.8 Å². The Bertz CT molecular complexity index is 1140. The second kappa shape index (κ2) is 7.99. The Labute approximate surface area is 175 Å². The number of hydrogen-bond acceptors (Lipinski definition) is 5. The molecule has 2 aromatic rings. The van der Waals surface area contributed by atoms with E-state index in [0.717, 1.165) is 35.7 Å². The molecule has 2 aliphatic rings. The third kappa shape index (κ3) is 4.65. The first-order chi connectivity index (χ1) is 14.6. The van der Waals surface area contributed by atoms with E-state index in [1.165, 1.54) is 16.4 Å². The highest BCUT2D eigenvalue weighted by molar-refractivity contribution is 7.89. The van der Waals surface area contributed by atoms with Gasteiger partial charge in [-0.15, -0.1) is 0 Å². The molecule has 0 amide bonds. The van der Waals surface area contributed by atoms with Crippen molar-refractivity contribution >= 4 is 10.0 Å². The highest BCUT2D eigenvalue weighted by Crippen LogP contribution is 2.40. The van der Waals surface area contributed by atoms with Crippen LogP contribution in [0.4, 0.5) is 17.6 Å². The Kier molecular flexibility index (Phi) is 5.64. The van der Waals surface area contributed by atoms with Gasteiger partial charge in [-0.05, 0) is 37.1 Å². The normalized spacial score (nSPS) is 19.0. The van der Waals surface area contributed by atoms with Crippen molar-refractivity contribution in [3.8, 4) is 0 Å². The molecule has 2 heterocycles. The van der Waals surface area contributed by atoms with Crippen LogP contribution in [-0.2, 0) is 22.9 Å². The molecule has 1 saturated heterocycles. The van der Waals surface area contributed by atoms with Crippen LogP contribution < -0.4 is 5.56 Å². The van der Waals surface area contributed by atoms with E-state index in [0.29, 0.717) is 0 Å². The largest absolute Gasteiger partial charge is 0.421 e. The number of benzene rings is 1. The van der Waals surface area contributed by atoms with Crippen molar-refractivity contribution in [3.63, 3.8) is 0 Å². The van der Waals surface area contributed by atoms with Gasteiger partial charge in [0.2, 0.25) is 10.0 Å². The maximum atomic E-state index is 13.4. The summed E-state index contributed by atoms with van der Waals surface area (Å²) in [7, 11) is -3.89. The van der Waals surface area contributed by atoms with Crippen LogP contribution in [0, 0.1) is 5.82 Å². The lowest BCUT2D eigenvalue weighted by molar-refractivity contribution is -0.139. The quantitative estimate of drug-likeness (QED) is 0.640. The van der Waals surface area contributed by atoms with E-state index in [4.69, 9.17) is 0 Å². The van der Waals surface area contributed by atoms with Crippen LogP contribution in [0.5, 0.6) is 0 Å². The molecule has 1 aliphatic carbocycles. The average Bonchev–Trinajstić information content (AvgIpc) is 3.54. The minimum Gasteiger partial charge on any atom is -0.282 e. The Morgan fingerprint density at radius 1 is 1.06 bits per heavy atom. The van der Waals surface area contributed by atoms with Crippen LogP contribution in [0.1, 0.15) is 30.0 Å². The first-order valence-electron chi connectivity index (χ1n) is 9.73. The van der Waals surface area contributed by atoms with Gasteiger partial charge in [0.25, 0.3) is 5.56 Å². The van der Waals surface area contributed by atoms with Crippen LogP contribution in [-0.4, -0.2) is 53.6 Å². The number of alkyl halides is 3. The van der Waals surface area contributed by atoms with Crippen LogP contribution in [0.25, 0.3) is 0 Å². The van der Waals surface area contributed by atoms with E-state index < -0.39 is 33.1 Å². The maximum absolute atomic E-state index is 13.4. The van der Waals surface area contributed by atoms with Crippen molar-refractivity contribution < 1.29 is 26.0 Å². The van der Waals surface area contributed by atoms with E-state index in [2.05, 4.69) is 5.10 Å². The van der Waals surface area contributed by atoms with Crippen LogP contribution >= 0.6 is 0 Å². The third-order valence-electron chi connectivity index (χ3n) is 5.39. The van der Waals surface area contributed by atoms with Crippen LogP contribution in [0.15, 0.2) is 40.0 Å². The maximum Gasteiger partial charge on any atom is 0.421 e. The minimum atomic E-state index is -4.77. The molecule has 0 radical (unpaired) electrons. The number of rotatable bonds is 5. The number of aromatic nitrogens is 2. The zero-order valence-electron chi connectivity index (χ0n) is 16.3. The summed E-state index contributed by atoms with van der Waals surface area (Å²) in [4.78, 5) is 13.8. The van der Waals surface area contributed by atoms with Gasteiger partial charge in [-0.25, -0.2) is 17.5 Å². The van der Waals surface area contributed by atoms with Crippen LogP contribution in [0.2, 0.25) is 0 Å². The van der Waals surface area contributed by atoms with Crippen molar-refractivity contribution in [2.24, 2.45) is 0 Å². The monoisotopic (exact) mass is 460 g/mol. The van der Waals surface area contributed by atoms with Gasteiger partial charge in [0, 0.05) is 32.1 Å². The van der Waals surface area contributed by atoms with E-state index >= 15 is 0 Å². The number of piperazine rings is 1. The van der Waals surface area contributed by atoms with Crippen molar-refractivity contribution in [2.45, 2.75) is 36.5 Å². The molecule has 0 N–H and O–H groups in total. The van der Waals surface area contributed by atoms with Gasteiger partial charge in [-0.2, -0.15) is 22.6 Å². The van der Waals surface area contributed by atoms with Gasteiger partial charge < -0.3 is 0 Å². The van der Waals surface area contributed by atoms with Gasteiger partial charge in [0.15, 0.2) is 0 Å².